The normalized spacial score (nSPS) is 19.7. The van der Waals surface area contributed by atoms with Gasteiger partial charge in [0.25, 0.3) is 5.91 Å². The fourth-order valence-electron chi connectivity index (χ4n) is 3.19. The fourth-order valence-corrected chi connectivity index (χ4v) is 3.19. The highest BCUT2D eigenvalue weighted by atomic mass is 19.3. The van der Waals surface area contributed by atoms with E-state index in [4.69, 9.17) is 9.57 Å². The predicted octanol–water partition coefficient (Wildman–Crippen LogP) is 1.38. The van der Waals surface area contributed by atoms with Gasteiger partial charge in [0.15, 0.2) is 0 Å². The minimum atomic E-state index is -3.16. The van der Waals surface area contributed by atoms with E-state index in [2.05, 4.69) is 0 Å². The molecule has 30 heavy (non-hydrogen) atoms. The quantitative estimate of drug-likeness (QED) is 0.756. The molecular weight excluding hydrogens is 409 g/mol. The minimum absolute atomic E-state index is 0. The molecule has 1 atom stereocenters. The van der Waals surface area contributed by atoms with Crippen LogP contribution in [0.5, 0.6) is 0 Å². The second-order valence-electron chi connectivity index (χ2n) is 6.74. The maximum Gasteiger partial charge on any atom is 0.414 e. The molecule has 2 heterocycles. The third kappa shape index (κ3) is 4.93. The Hall–Kier alpha value is -3.02. The topological polar surface area (TPSA) is 91.4 Å². The maximum absolute atomic E-state index is 14.8. The van der Waals surface area contributed by atoms with Gasteiger partial charge in [-0.1, -0.05) is 0 Å². The number of nitrogens with one attached hydrogen (secondary N) is 1. The second-order valence-corrected chi connectivity index (χ2v) is 6.74. The average Bonchev–Trinajstić information content (AvgIpc) is 2.90. The average molecular weight is 432 g/mol. The Morgan fingerprint density at radius 2 is 2.07 bits per heavy atom. The Balaban J connectivity index is 0.00000341. The number of benzene rings is 1. The zero-order valence-electron chi connectivity index (χ0n) is 16.1. The molecule has 0 radical (unpaired) electrons. The number of nitrogens with zero attached hydrogens (tertiary/aromatic N) is 3. The van der Waals surface area contributed by atoms with Crippen LogP contribution >= 0.6 is 0 Å². The van der Waals surface area contributed by atoms with Crippen molar-refractivity contribution in [3.05, 3.63) is 24.0 Å². The Morgan fingerprint density at radius 3 is 2.73 bits per heavy atom. The number of anilines is 2. The summed E-state index contributed by atoms with van der Waals surface area (Å²) in [4.78, 5) is 42.6. The number of halogens is 3. The lowest BCUT2D eigenvalue weighted by Crippen LogP contribution is -2.37. The van der Waals surface area contributed by atoms with E-state index in [1.165, 1.54) is 30.2 Å². The molecule has 166 valence electrons. The van der Waals surface area contributed by atoms with Gasteiger partial charge in [0.2, 0.25) is 5.91 Å². The van der Waals surface area contributed by atoms with E-state index in [1.807, 2.05) is 5.32 Å². The summed E-state index contributed by atoms with van der Waals surface area (Å²) >= 11 is 0. The monoisotopic (exact) mass is 432 g/mol. The number of ether oxygens (including phenoxy) is 1. The van der Waals surface area contributed by atoms with E-state index < -0.39 is 30.3 Å². The van der Waals surface area contributed by atoms with Gasteiger partial charge in [0.05, 0.1) is 37.6 Å². The van der Waals surface area contributed by atoms with Gasteiger partial charge in [-0.25, -0.2) is 14.2 Å². The molecule has 0 unspecified atom stereocenters. The van der Waals surface area contributed by atoms with Crippen molar-refractivity contribution < 1.29 is 38.6 Å². The van der Waals surface area contributed by atoms with Gasteiger partial charge in [-0.2, -0.15) is 8.78 Å². The standard InChI is InChI=1S/C18H21F3N4O5.H2/c1-11(26)25-5-4-23(6-7-29-25)15-3-2-12(8-14(15)19)24-10-13(30-18(24)28)9-22-17(27)16(20)21;/h2-3,8,13,16H,4-7,9-10H2,1H3,(H,22,27);1H/t13-;/m0./s1. The molecule has 0 spiro atoms. The van der Waals surface area contributed by atoms with Crippen LogP contribution in [0.25, 0.3) is 0 Å². The molecular formula is C18H23F3N4O5. The van der Waals surface area contributed by atoms with Crippen LogP contribution in [-0.2, 0) is 19.2 Å². The van der Waals surface area contributed by atoms with E-state index in [1.54, 1.807) is 4.90 Å². The van der Waals surface area contributed by atoms with Gasteiger partial charge in [-0.3, -0.25) is 19.3 Å². The van der Waals surface area contributed by atoms with Gasteiger partial charge in [-0.05, 0) is 18.2 Å². The molecule has 1 N–H and O–H groups in total. The lowest BCUT2D eigenvalue weighted by atomic mass is 10.2. The van der Waals surface area contributed by atoms with Crippen molar-refractivity contribution in [3.63, 3.8) is 0 Å². The molecule has 2 fully saturated rings. The van der Waals surface area contributed by atoms with Gasteiger partial charge >= 0.3 is 12.5 Å². The summed E-state index contributed by atoms with van der Waals surface area (Å²) in [5.41, 5.74) is 0.529. The highest BCUT2D eigenvalue weighted by molar-refractivity contribution is 5.90. The molecule has 3 amide bonds. The predicted molar refractivity (Wildman–Crippen MR) is 101 cm³/mol. The maximum atomic E-state index is 14.8. The number of hydrogen-bond acceptors (Lipinski definition) is 6. The molecule has 2 aliphatic heterocycles. The number of hydroxylamine groups is 2. The highest BCUT2D eigenvalue weighted by Gasteiger charge is 2.33. The molecule has 2 saturated heterocycles. The Bertz CT molecular complexity index is 831. The zero-order valence-corrected chi connectivity index (χ0v) is 16.1. The summed E-state index contributed by atoms with van der Waals surface area (Å²) < 4.78 is 44.3. The first-order valence-corrected chi connectivity index (χ1v) is 9.25. The van der Waals surface area contributed by atoms with Crippen molar-refractivity contribution in [1.29, 1.82) is 0 Å². The molecule has 1 aromatic carbocycles. The van der Waals surface area contributed by atoms with E-state index in [-0.39, 0.29) is 39.3 Å². The number of amides is 3. The smallest absolute Gasteiger partial charge is 0.414 e. The summed E-state index contributed by atoms with van der Waals surface area (Å²) in [7, 11) is 0. The molecule has 2 aliphatic rings. The molecule has 0 aliphatic carbocycles. The highest BCUT2D eigenvalue weighted by Crippen LogP contribution is 2.28. The van der Waals surface area contributed by atoms with E-state index in [0.717, 1.165) is 4.90 Å². The van der Waals surface area contributed by atoms with Crippen LogP contribution in [-0.4, -0.2) is 74.8 Å². The molecule has 9 nitrogen and oxygen atoms in total. The van der Waals surface area contributed by atoms with Crippen LogP contribution in [0, 0.1) is 5.82 Å². The SMILES string of the molecule is CC(=O)N1CCN(c2ccc(N3C[C@H](CNC(=O)C(F)F)OC3=O)cc2F)CCO1.[HH]. The lowest BCUT2D eigenvalue weighted by molar-refractivity contribution is -0.179. The first kappa shape index (κ1) is 21.7. The lowest BCUT2D eigenvalue weighted by Gasteiger charge is -2.23. The molecule has 12 heteroatoms. The molecule has 1 aromatic rings. The summed E-state index contributed by atoms with van der Waals surface area (Å²) in [5, 5.41) is 3.21. The van der Waals surface area contributed by atoms with Crippen molar-refractivity contribution in [3.8, 4) is 0 Å². The van der Waals surface area contributed by atoms with Crippen molar-refractivity contribution in [2.45, 2.75) is 19.5 Å². The Labute approximate surface area is 171 Å². The molecule has 0 aromatic heterocycles. The van der Waals surface area contributed by atoms with Crippen LogP contribution in [0.2, 0.25) is 0 Å². The van der Waals surface area contributed by atoms with Crippen LogP contribution in [0.4, 0.5) is 29.3 Å². The van der Waals surface area contributed by atoms with Crippen LogP contribution < -0.4 is 15.1 Å². The minimum Gasteiger partial charge on any atom is -0.442 e. The van der Waals surface area contributed by atoms with Gasteiger partial charge < -0.3 is 15.0 Å². The van der Waals surface area contributed by atoms with Crippen molar-refractivity contribution in [1.82, 2.24) is 10.4 Å². The van der Waals surface area contributed by atoms with Gasteiger partial charge in [-0.15, -0.1) is 0 Å². The van der Waals surface area contributed by atoms with Crippen molar-refractivity contribution >= 4 is 29.3 Å². The summed E-state index contributed by atoms with van der Waals surface area (Å²) in [5.74, 6) is -2.27. The first-order chi connectivity index (χ1) is 14.3. The largest absolute Gasteiger partial charge is 0.442 e. The van der Waals surface area contributed by atoms with E-state index in [0.29, 0.717) is 18.8 Å². The van der Waals surface area contributed by atoms with E-state index in [9.17, 15) is 27.6 Å². The number of carbonyl (C=O) groups is 3. The molecule has 0 bridgehead atoms. The fraction of sp³-hybridized carbons (Fsp3) is 0.500. The summed E-state index contributed by atoms with van der Waals surface area (Å²) in [6, 6.07) is 4.22. The van der Waals surface area contributed by atoms with Crippen LogP contribution in [0.1, 0.15) is 8.35 Å². The number of rotatable bonds is 5. The number of alkyl halides is 2. The number of hydrogen-bond donors (Lipinski definition) is 1. The Morgan fingerprint density at radius 1 is 1.30 bits per heavy atom. The third-order valence-corrected chi connectivity index (χ3v) is 4.69. The van der Waals surface area contributed by atoms with E-state index >= 15 is 0 Å². The summed E-state index contributed by atoms with van der Waals surface area (Å²) in [6.45, 7) is 2.32. The number of carbonyl (C=O) groups excluding carboxylic acids is 3. The third-order valence-electron chi connectivity index (χ3n) is 4.69. The molecule has 0 saturated carbocycles. The Kier molecular flexibility index (Phi) is 6.65. The van der Waals surface area contributed by atoms with Gasteiger partial charge in [0, 0.05) is 21.4 Å². The zero-order chi connectivity index (χ0) is 21.8. The van der Waals surface area contributed by atoms with Gasteiger partial charge in [0.1, 0.15) is 11.9 Å². The van der Waals surface area contributed by atoms with Crippen molar-refractivity contribution in [2.24, 2.45) is 0 Å². The first-order valence-electron chi connectivity index (χ1n) is 9.25. The molecule has 3 rings (SSSR count). The van der Waals surface area contributed by atoms with Crippen LogP contribution in [0.3, 0.4) is 0 Å². The van der Waals surface area contributed by atoms with Crippen LogP contribution in [0.15, 0.2) is 18.2 Å². The summed E-state index contributed by atoms with van der Waals surface area (Å²) in [6.07, 6.45) is -4.76. The second kappa shape index (κ2) is 9.20. The van der Waals surface area contributed by atoms with Crippen molar-refractivity contribution in [2.75, 3.05) is 49.1 Å². The number of cyclic esters (lactones) is 1.